The van der Waals surface area contributed by atoms with Crippen LogP contribution in [0.3, 0.4) is 0 Å². The van der Waals surface area contributed by atoms with E-state index in [9.17, 15) is 4.79 Å². The summed E-state index contributed by atoms with van der Waals surface area (Å²) in [6, 6.07) is 1.72. The number of amides is 1. The van der Waals surface area contributed by atoms with Crippen LogP contribution < -0.4 is 9.64 Å². The zero-order chi connectivity index (χ0) is 19.8. The number of anilines is 1. The van der Waals surface area contributed by atoms with Gasteiger partial charge in [0, 0.05) is 57.5 Å². The maximum Gasteiger partial charge on any atom is 0.274 e. The van der Waals surface area contributed by atoms with Crippen molar-refractivity contribution in [2.45, 2.75) is 32.5 Å². The van der Waals surface area contributed by atoms with Crippen molar-refractivity contribution in [1.29, 1.82) is 0 Å². The predicted molar refractivity (Wildman–Crippen MR) is 103 cm³/mol. The number of fused-ring (bicyclic) bond motifs is 1. The van der Waals surface area contributed by atoms with Crippen molar-refractivity contribution in [2.24, 2.45) is 7.05 Å². The number of nitrogens with zero attached hydrogens (tertiary/aromatic N) is 6. The van der Waals surface area contributed by atoms with Gasteiger partial charge in [-0.2, -0.15) is 10.1 Å². The molecule has 0 saturated carbocycles. The lowest BCUT2D eigenvalue weighted by Crippen LogP contribution is -2.49. The van der Waals surface area contributed by atoms with Gasteiger partial charge in [0.05, 0.1) is 25.0 Å². The number of ether oxygens (including phenoxy) is 2. The molecule has 4 rings (SSSR count). The van der Waals surface area contributed by atoms with Crippen molar-refractivity contribution in [3.63, 3.8) is 0 Å². The quantitative estimate of drug-likeness (QED) is 0.784. The molecule has 2 aliphatic rings. The fourth-order valence-electron chi connectivity index (χ4n) is 4.07. The third kappa shape index (κ3) is 3.30. The summed E-state index contributed by atoms with van der Waals surface area (Å²) in [7, 11) is 3.46. The SMILES string of the molecule is COc1ccnc(N2CCN(C(=O)c3nn(C)c4c3C[C@H](C)O[C@@H]4C)CC2)n1. The molecule has 2 atom stereocenters. The van der Waals surface area contributed by atoms with E-state index in [0.717, 1.165) is 11.3 Å². The van der Waals surface area contributed by atoms with Gasteiger partial charge in [-0.05, 0) is 13.8 Å². The second kappa shape index (κ2) is 7.38. The Balaban J connectivity index is 1.48. The van der Waals surface area contributed by atoms with E-state index in [1.807, 2.05) is 25.8 Å². The molecule has 1 amide bonds. The van der Waals surface area contributed by atoms with Crippen LogP contribution in [0.25, 0.3) is 0 Å². The van der Waals surface area contributed by atoms with Crippen LogP contribution in [0.2, 0.25) is 0 Å². The van der Waals surface area contributed by atoms with Crippen LogP contribution >= 0.6 is 0 Å². The highest BCUT2D eigenvalue weighted by molar-refractivity contribution is 5.94. The number of rotatable bonds is 3. The van der Waals surface area contributed by atoms with Gasteiger partial charge in [-0.25, -0.2) is 4.98 Å². The number of methoxy groups -OCH3 is 1. The van der Waals surface area contributed by atoms with Gasteiger partial charge >= 0.3 is 0 Å². The van der Waals surface area contributed by atoms with E-state index in [0.29, 0.717) is 50.1 Å². The maximum absolute atomic E-state index is 13.2. The van der Waals surface area contributed by atoms with E-state index in [4.69, 9.17) is 9.47 Å². The summed E-state index contributed by atoms with van der Waals surface area (Å²) >= 11 is 0. The van der Waals surface area contributed by atoms with Crippen LogP contribution in [0.1, 0.15) is 41.7 Å². The molecule has 2 aromatic rings. The fourth-order valence-corrected chi connectivity index (χ4v) is 4.07. The third-order valence-electron chi connectivity index (χ3n) is 5.39. The van der Waals surface area contributed by atoms with Crippen molar-refractivity contribution >= 4 is 11.9 Å². The largest absolute Gasteiger partial charge is 0.481 e. The Hall–Kier alpha value is -2.68. The number of aromatic nitrogens is 4. The molecule has 0 radical (unpaired) electrons. The Morgan fingerprint density at radius 3 is 2.71 bits per heavy atom. The van der Waals surface area contributed by atoms with E-state index >= 15 is 0 Å². The summed E-state index contributed by atoms with van der Waals surface area (Å²) < 4.78 is 12.9. The first kappa shape index (κ1) is 18.7. The Labute approximate surface area is 164 Å². The summed E-state index contributed by atoms with van der Waals surface area (Å²) in [5, 5.41) is 4.54. The molecule has 0 aromatic carbocycles. The number of aryl methyl sites for hydroxylation is 1. The Kier molecular flexibility index (Phi) is 4.92. The zero-order valence-corrected chi connectivity index (χ0v) is 16.8. The average Bonchev–Trinajstić information content (AvgIpc) is 3.04. The van der Waals surface area contributed by atoms with Crippen LogP contribution in [0.5, 0.6) is 5.88 Å². The fraction of sp³-hybridized carbons (Fsp3) is 0.579. The summed E-state index contributed by atoms with van der Waals surface area (Å²) in [6.07, 6.45) is 2.43. The molecule has 1 fully saturated rings. The van der Waals surface area contributed by atoms with Gasteiger partial charge in [0.2, 0.25) is 11.8 Å². The highest BCUT2D eigenvalue weighted by Crippen LogP contribution is 2.32. The van der Waals surface area contributed by atoms with Gasteiger partial charge < -0.3 is 19.3 Å². The lowest BCUT2D eigenvalue weighted by molar-refractivity contribution is -0.00906. The molecule has 0 N–H and O–H groups in total. The molecule has 9 heteroatoms. The lowest BCUT2D eigenvalue weighted by Gasteiger charge is -2.34. The van der Waals surface area contributed by atoms with Gasteiger partial charge in [-0.15, -0.1) is 0 Å². The second-order valence-corrected chi connectivity index (χ2v) is 7.31. The van der Waals surface area contributed by atoms with E-state index in [1.54, 1.807) is 24.1 Å². The molecule has 0 unspecified atom stereocenters. The van der Waals surface area contributed by atoms with Crippen molar-refractivity contribution in [3.05, 3.63) is 29.2 Å². The molecule has 150 valence electrons. The van der Waals surface area contributed by atoms with Gasteiger partial charge in [-0.3, -0.25) is 9.48 Å². The first-order valence-corrected chi connectivity index (χ1v) is 9.60. The van der Waals surface area contributed by atoms with Crippen LogP contribution in [-0.4, -0.2) is 69.9 Å². The standard InChI is InChI=1S/C19H26N6O3/c1-12-11-14-16(22-23(3)17(14)13(2)28-12)18(26)24-7-9-25(10-8-24)19-20-6-5-15(21-19)27-4/h5-6,12-13H,7-11H2,1-4H3/t12-,13+/m0/s1. The second-order valence-electron chi connectivity index (χ2n) is 7.31. The Morgan fingerprint density at radius 2 is 2.00 bits per heavy atom. The van der Waals surface area contributed by atoms with E-state index in [2.05, 4.69) is 20.0 Å². The number of hydrogen-bond acceptors (Lipinski definition) is 7. The minimum atomic E-state index is -0.0557. The van der Waals surface area contributed by atoms with Crippen molar-refractivity contribution in [3.8, 4) is 5.88 Å². The molecule has 2 aromatic heterocycles. The minimum absolute atomic E-state index is 0.00985. The van der Waals surface area contributed by atoms with Crippen molar-refractivity contribution in [1.82, 2.24) is 24.6 Å². The molecule has 0 spiro atoms. The molecule has 0 aliphatic carbocycles. The van der Waals surface area contributed by atoms with Gasteiger partial charge in [-0.1, -0.05) is 0 Å². The molecule has 1 saturated heterocycles. The smallest absolute Gasteiger partial charge is 0.274 e. The normalized spacial score (nSPS) is 22.1. The van der Waals surface area contributed by atoms with E-state index < -0.39 is 0 Å². The summed E-state index contributed by atoms with van der Waals surface area (Å²) in [6.45, 7) is 6.59. The molecule has 4 heterocycles. The topological polar surface area (TPSA) is 85.6 Å². The number of carbonyl (C=O) groups excluding carboxylic acids is 1. The lowest BCUT2D eigenvalue weighted by atomic mass is 9.99. The molecule has 2 aliphatic heterocycles. The van der Waals surface area contributed by atoms with E-state index in [1.165, 1.54) is 0 Å². The number of piperazine rings is 1. The number of carbonyl (C=O) groups is 1. The van der Waals surface area contributed by atoms with Gasteiger partial charge in [0.1, 0.15) is 0 Å². The number of hydrogen-bond donors (Lipinski definition) is 0. The molecule has 0 bridgehead atoms. The maximum atomic E-state index is 13.2. The molecule has 28 heavy (non-hydrogen) atoms. The first-order chi connectivity index (χ1) is 13.5. The van der Waals surface area contributed by atoms with Crippen molar-refractivity contribution in [2.75, 3.05) is 38.2 Å². The van der Waals surface area contributed by atoms with Crippen LogP contribution in [-0.2, 0) is 18.2 Å². The summed E-state index contributed by atoms with van der Waals surface area (Å²) in [5.74, 6) is 1.15. The minimum Gasteiger partial charge on any atom is -0.481 e. The van der Waals surface area contributed by atoms with Crippen molar-refractivity contribution < 1.29 is 14.3 Å². The monoisotopic (exact) mass is 386 g/mol. The van der Waals surface area contributed by atoms with Crippen LogP contribution in [0.4, 0.5) is 5.95 Å². The predicted octanol–water partition coefficient (Wildman–Crippen LogP) is 1.20. The Bertz CT molecular complexity index is 875. The summed E-state index contributed by atoms with van der Waals surface area (Å²) in [4.78, 5) is 25.8. The molecular weight excluding hydrogens is 360 g/mol. The van der Waals surface area contributed by atoms with Gasteiger partial charge in [0.15, 0.2) is 5.69 Å². The highest BCUT2D eigenvalue weighted by atomic mass is 16.5. The Morgan fingerprint density at radius 1 is 1.25 bits per heavy atom. The van der Waals surface area contributed by atoms with Crippen LogP contribution in [0.15, 0.2) is 12.3 Å². The molecular formula is C19H26N6O3. The summed E-state index contributed by atoms with van der Waals surface area (Å²) in [5.41, 5.74) is 2.59. The average molecular weight is 386 g/mol. The highest BCUT2D eigenvalue weighted by Gasteiger charge is 2.34. The van der Waals surface area contributed by atoms with E-state index in [-0.39, 0.29) is 18.1 Å². The van der Waals surface area contributed by atoms with Gasteiger partial charge in [0.25, 0.3) is 5.91 Å². The molecule has 9 nitrogen and oxygen atoms in total. The van der Waals surface area contributed by atoms with Crippen LogP contribution in [0, 0.1) is 0 Å². The first-order valence-electron chi connectivity index (χ1n) is 9.60. The zero-order valence-electron chi connectivity index (χ0n) is 16.8. The third-order valence-corrected chi connectivity index (χ3v) is 5.39.